The van der Waals surface area contributed by atoms with Gasteiger partial charge in [-0.05, 0) is 36.8 Å². The SMILES string of the molecule is Cc1ccc2[nH]c(-c3nccn3C)c(-c3ccc(O)cc3)c2c1. The predicted octanol–water partition coefficient (Wildman–Crippen LogP) is 4.25. The lowest BCUT2D eigenvalue weighted by molar-refractivity contribution is 0.475. The van der Waals surface area contributed by atoms with Crippen molar-refractivity contribution in [2.24, 2.45) is 7.05 Å². The zero-order valence-electron chi connectivity index (χ0n) is 13.0. The van der Waals surface area contributed by atoms with Gasteiger partial charge >= 0.3 is 0 Å². The zero-order valence-corrected chi connectivity index (χ0v) is 13.0. The molecule has 0 radical (unpaired) electrons. The van der Waals surface area contributed by atoms with Crippen LogP contribution in [0.15, 0.2) is 54.9 Å². The third-order valence-electron chi connectivity index (χ3n) is 4.15. The van der Waals surface area contributed by atoms with Crippen LogP contribution in [0.5, 0.6) is 5.75 Å². The van der Waals surface area contributed by atoms with E-state index in [-0.39, 0.29) is 5.75 Å². The fraction of sp³-hybridized carbons (Fsp3) is 0.105. The van der Waals surface area contributed by atoms with Crippen molar-refractivity contribution in [3.05, 3.63) is 60.4 Å². The number of aromatic amines is 1. The molecule has 4 nitrogen and oxygen atoms in total. The second-order valence-electron chi connectivity index (χ2n) is 5.83. The van der Waals surface area contributed by atoms with Gasteiger partial charge in [-0.2, -0.15) is 0 Å². The second-order valence-corrected chi connectivity index (χ2v) is 5.83. The smallest absolute Gasteiger partial charge is 0.156 e. The van der Waals surface area contributed by atoms with Crippen LogP contribution >= 0.6 is 0 Å². The second kappa shape index (κ2) is 5.02. The summed E-state index contributed by atoms with van der Waals surface area (Å²) in [6.45, 7) is 2.09. The van der Waals surface area contributed by atoms with E-state index in [9.17, 15) is 5.11 Å². The van der Waals surface area contributed by atoms with Crippen LogP contribution in [-0.2, 0) is 7.05 Å². The molecule has 23 heavy (non-hydrogen) atoms. The maximum Gasteiger partial charge on any atom is 0.156 e. The molecule has 0 saturated heterocycles. The van der Waals surface area contributed by atoms with E-state index in [2.05, 4.69) is 35.1 Å². The van der Waals surface area contributed by atoms with E-state index in [0.717, 1.165) is 33.5 Å². The first kappa shape index (κ1) is 13.6. The molecule has 0 bridgehead atoms. The van der Waals surface area contributed by atoms with Gasteiger partial charge in [0.1, 0.15) is 5.75 Å². The Hall–Kier alpha value is -3.01. The van der Waals surface area contributed by atoms with Crippen LogP contribution < -0.4 is 0 Å². The van der Waals surface area contributed by atoms with E-state index in [0.29, 0.717) is 0 Å². The normalized spacial score (nSPS) is 11.2. The molecule has 0 amide bonds. The highest BCUT2D eigenvalue weighted by Gasteiger charge is 2.17. The largest absolute Gasteiger partial charge is 0.508 e. The third kappa shape index (κ3) is 2.19. The summed E-state index contributed by atoms with van der Waals surface area (Å²) in [6.07, 6.45) is 3.74. The van der Waals surface area contributed by atoms with Crippen LogP contribution in [0.2, 0.25) is 0 Å². The van der Waals surface area contributed by atoms with Gasteiger partial charge in [-0.25, -0.2) is 4.98 Å². The molecule has 4 heteroatoms. The van der Waals surface area contributed by atoms with Crippen LogP contribution in [0.4, 0.5) is 0 Å². The lowest BCUT2D eigenvalue weighted by Gasteiger charge is -2.06. The van der Waals surface area contributed by atoms with E-state index in [1.807, 2.05) is 29.9 Å². The van der Waals surface area contributed by atoms with Crippen molar-refractivity contribution in [3.63, 3.8) is 0 Å². The molecule has 114 valence electrons. The molecule has 4 aromatic rings. The van der Waals surface area contributed by atoms with Crippen molar-refractivity contribution < 1.29 is 5.11 Å². The first-order valence-corrected chi connectivity index (χ1v) is 7.53. The number of aromatic nitrogens is 3. The predicted molar refractivity (Wildman–Crippen MR) is 92.3 cm³/mol. The van der Waals surface area contributed by atoms with Gasteiger partial charge in [-0.3, -0.25) is 0 Å². The van der Waals surface area contributed by atoms with Crippen LogP contribution in [-0.4, -0.2) is 19.6 Å². The Morgan fingerprint density at radius 1 is 1.09 bits per heavy atom. The molecule has 0 saturated carbocycles. The van der Waals surface area contributed by atoms with Gasteiger partial charge in [-0.15, -0.1) is 0 Å². The molecule has 0 spiro atoms. The number of phenolic OH excluding ortho intramolecular Hbond substituents is 1. The van der Waals surface area contributed by atoms with E-state index in [4.69, 9.17) is 0 Å². The number of aryl methyl sites for hydroxylation is 2. The Bertz CT molecular complexity index is 993. The van der Waals surface area contributed by atoms with Gasteiger partial charge in [0.25, 0.3) is 0 Å². The summed E-state index contributed by atoms with van der Waals surface area (Å²) < 4.78 is 2.00. The van der Waals surface area contributed by atoms with E-state index in [1.54, 1.807) is 18.3 Å². The van der Waals surface area contributed by atoms with Crippen molar-refractivity contribution in [2.75, 3.05) is 0 Å². The van der Waals surface area contributed by atoms with E-state index < -0.39 is 0 Å². The molecule has 0 atom stereocenters. The number of hydrogen-bond acceptors (Lipinski definition) is 2. The van der Waals surface area contributed by atoms with Crippen molar-refractivity contribution >= 4 is 10.9 Å². The molecule has 0 fully saturated rings. The summed E-state index contributed by atoms with van der Waals surface area (Å²) in [5.74, 6) is 1.16. The Morgan fingerprint density at radius 3 is 2.57 bits per heavy atom. The Labute approximate surface area is 134 Å². The van der Waals surface area contributed by atoms with Gasteiger partial charge in [0, 0.05) is 35.9 Å². The average molecular weight is 303 g/mol. The van der Waals surface area contributed by atoms with Crippen LogP contribution in [0.1, 0.15) is 5.56 Å². The summed E-state index contributed by atoms with van der Waals surface area (Å²) in [5.41, 5.74) is 5.44. The first-order chi connectivity index (χ1) is 11.1. The number of fused-ring (bicyclic) bond motifs is 1. The summed E-state index contributed by atoms with van der Waals surface area (Å²) in [7, 11) is 1.99. The highest BCUT2D eigenvalue weighted by Crippen LogP contribution is 2.38. The number of nitrogens with one attached hydrogen (secondary N) is 1. The zero-order chi connectivity index (χ0) is 16.0. The Morgan fingerprint density at radius 2 is 1.87 bits per heavy atom. The highest BCUT2D eigenvalue weighted by molar-refractivity contribution is 6.03. The maximum atomic E-state index is 9.58. The molecular formula is C19H17N3O. The quantitative estimate of drug-likeness (QED) is 0.581. The van der Waals surface area contributed by atoms with Gasteiger partial charge < -0.3 is 14.7 Å². The number of H-pyrrole nitrogens is 1. The highest BCUT2D eigenvalue weighted by atomic mass is 16.3. The number of nitrogens with zero attached hydrogens (tertiary/aromatic N) is 2. The lowest BCUT2D eigenvalue weighted by Crippen LogP contribution is -1.93. The van der Waals surface area contributed by atoms with Crippen LogP contribution in [0.3, 0.4) is 0 Å². The van der Waals surface area contributed by atoms with Crippen molar-refractivity contribution in [1.29, 1.82) is 0 Å². The molecule has 2 aromatic heterocycles. The number of rotatable bonds is 2. The van der Waals surface area contributed by atoms with Crippen molar-refractivity contribution in [3.8, 4) is 28.4 Å². The minimum absolute atomic E-state index is 0.267. The number of benzene rings is 2. The molecule has 0 unspecified atom stereocenters. The third-order valence-corrected chi connectivity index (χ3v) is 4.15. The van der Waals surface area contributed by atoms with E-state index >= 15 is 0 Å². The summed E-state index contributed by atoms with van der Waals surface area (Å²) in [4.78, 5) is 7.99. The molecule has 2 N–H and O–H groups in total. The van der Waals surface area contributed by atoms with Crippen LogP contribution in [0.25, 0.3) is 33.5 Å². The number of imidazole rings is 1. The minimum atomic E-state index is 0.267. The van der Waals surface area contributed by atoms with Crippen LogP contribution in [0, 0.1) is 6.92 Å². The number of phenols is 1. The number of hydrogen-bond donors (Lipinski definition) is 2. The number of aromatic hydroxyl groups is 1. The standard InChI is InChI=1S/C19H17N3O/c1-12-3-8-16-15(11-12)17(13-4-6-14(23)7-5-13)18(21-16)19-20-9-10-22(19)2/h3-11,21,23H,1-2H3. The summed E-state index contributed by atoms with van der Waals surface area (Å²) >= 11 is 0. The van der Waals surface area contributed by atoms with Gasteiger partial charge in [0.2, 0.25) is 0 Å². The molecule has 2 heterocycles. The lowest BCUT2D eigenvalue weighted by atomic mass is 10.0. The fourth-order valence-corrected chi connectivity index (χ4v) is 3.01. The average Bonchev–Trinajstić information content (AvgIpc) is 3.11. The molecule has 0 aliphatic heterocycles. The molecule has 0 aliphatic carbocycles. The summed E-state index contributed by atoms with van der Waals surface area (Å²) in [6, 6.07) is 13.7. The summed E-state index contributed by atoms with van der Waals surface area (Å²) in [5, 5.41) is 10.7. The molecular weight excluding hydrogens is 286 g/mol. The van der Waals surface area contributed by atoms with Gasteiger partial charge in [0.05, 0.1) is 5.69 Å². The monoisotopic (exact) mass is 303 g/mol. The molecule has 4 rings (SSSR count). The van der Waals surface area contributed by atoms with Crippen molar-refractivity contribution in [1.82, 2.24) is 14.5 Å². The Balaban J connectivity index is 2.08. The van der Waals surface area contributed by atoms with Gasteiger partial charge in [-0.1, -0.05) is 23.8 Å². The first-order valence-electron chi connectivity index (χ1n) is 7.53. The van der Waals surface area contributed by atoms with Gasteiger partial charge in [0.15, 0.2) is 5.82 Å². The van der Waals surface area contributed by atoms with Crippen molar-refractivity contribution in [2.45, 2.75) is 6.92 Å². The molecule has 0 aliphatic rings. The van der Waals surface area contributed by atoms with E-state index in [1.165, 1.54) is 5.56 Å². The minimum Gasteiger partial charge on any atom is -0.508 e. The molecule has 2 aromatic carbocycles. The maximum absolute atomic E-state index is 9.58. The Kier molecular flexibility index (Phi) is 2.98. The topological polar surface area (TPSA) is 53.8 Å². The fourth-order valence-electron chi connectivity index (χ4n) is 3.01.